The van der Waals surface area contributed by atoms with Gasteiger partial charge in [0.1, 0.15) is 5.75 Å². The monoisotopic (exact) mass is 449 g/mol. The third-order valence-electron chi connectivity index (χ3n) is 6.82. The van der Waals surface area contributed by atoms with E-state index < -0.39 is 0 Å². The molecule has 0 atom stereocenters. The topological polar surface area (TPSA) is 105 Å². The molecule has 8 heteroatoms. The number of aromatic hydroxyl groups is 1. The minimum Gasteiger partial charge on any atom is -0.506 e. The van der Waals surface area contributed by atoms with Crippen molar-refractivity contribution in [1.82, 2.24) is 10.2 Å². The Morgan fingerprint density at radius 3 is 2.59 bits per heavy atom. The number of piperidine rings is 1. The summed E-state index contributed by atoms with van der Waals surface area (Å²) in [6.45, 7) is 2.22. The lowest BCUT2D eigenvalue weighted by atomic mass is 9.61. The van der Waals surface area contributed by atoms with Gasteiger partial charge in [-0.3, -0.25) is 0 Å². The predicted molar refractivity (Wildman–Crippen MR) is 124 cm³/mol. The average molecular weight is 450 g/mol. The van der Waals surface area contributed by atoms with Crippen LogP contribution < -0.4 is 10.2 Å². The molecule has 2 fully saturated rings. The van der Waals surface area contributed by atoms with Gasteiger partial charge < -0.3 is 20.4 Å². The number of aliphatic hydroxyl groups is 1. The van der Waals surface area contributed by atoms with Crippen LogP contribution in [0.25, 0.3) is 10.8 Å². The fourth-order valence-corrected chi connectivity index (χ4v) is 5.16. The van der Waals surface area contributed by atoms with Crippen LogP contribution >= 0.6 is 11.6 Å². The van der Waals surface area contributed by atoms with Gasteiger partial charge in [-0.05, 0) is 67.0 Å². The van der Waals surface area contributed by atoms with Crippen LogP contribution in [0.4, 0.5) is 11.6 Å². The molecule has 2 aliphatic rings. The summed E-state index contributed by atoms with van der Waals surface area (Å²) in [4.78, 5) is 2.26. The van der Waals surface area contributed by atoms with Crippen LogP contribution in [0.2, 0.25) is 5.02 Å². The molecule has 0 amide bonds. The number of aromatic nitrogens is 2. The summed E-state index contributed by atoms with van der Waals surface area (Å²) in [5.74, 6) is 1.47. The number of hydrogen-bond acceptors (Lipinski definition) is 7. The Balaban J connectivity index is 1.42. The Hall–Kier alpha value is -3.08. The normalized spacial score (nSPS) is 17.8. The first-order chi connectivity index (χ1) is 15.5. The molecule has 0 radical (unpaired) electrons. The highest BCUT2D eigenvalue weighted by Crippen LogP contribution is 2.49. The van der Waals surface area contributed by atoms with E-state index in [1.54, 1.807) is 18.2 Å². The molecule has 3 aromatic rings. The highest BCUT2D eigenvalue weighted by Gasteiger charge is 2.45. The van der Waals surface area contributed by atoms with E-state index in [1.807, 2.05) is 18.2 Å². The minimum absolute atomic E-state index is 0.0448. The van der Waals surface area contributed by atoms with Crippen LogP contribution in [0.5, 0.6) is 5.75 Å². The van der Waals surface area contributed by atoms with E-state index >= 15 is 0 Å². The Morgan fingerprint density at radius 2 is 1.91 bits per heavy atom. The van der Waals surface area contributed by atoms with E-state index in [4.69, 9.17) is 11.6 Å². The molecule has 5 rings (SSSR count). The molecule has 1 aliphatic heterocycles. The second kappa shape index (κ2) is 8.12. The summed E-state index contributed by atoms with van der Waals surface area (Å²) in [7, 11) is 0. The highest BCUT2D eigenvalue weighted by atomic mass is 35.5. The van der Waals surface area contributed by atoms with Crippen LogP contribution in [0.3, 0.4) is 0 Å². The maximum Gasteiger partial charge on any atom is 0.159 e. The number of nitrogens with one attached hydrogen (secondary N) is 1. The molecule has 0 bridgehead atoms. The van der Waals surface area contributed by atoms with Crippen molar-refractivity contribution in [3.8, 4) is 11.8 Å². The second-order valence-electron chi connectivity index (χ2n) is 8.93. The molecular weight excluding hydrogens is 426 g/mol. The van der Waals surface area contributed by atoms with Crippen LogP contribution in [-0.2, 0) is 6.54 Å². The minimum atomic E-state index is -0.139. The smallest absolute Gasteiger partial charge is 0.159 e. The Labute approximate surface area is 191 Å². The zero-order chi connectivity index (χ0) is 22.3. The Bertz CT molecular complexity index is 1210. The summed E-state index contributed by atoms with van der Waals surface area (Å²) in [6.07, 6.45) is 3.77. The van der Waals surface area contributed by atoms with Gasteiger partial charge in [0.25, 0.3) is 0 Å². The van der Waals surface area contributed by atoms with Gasteiger partial charge in [0, 0.05) is 30.4 Å². The first-order valence-electron chi connectivity index (χ1n) is 10.8. The van der Waals surface area contributed by atoms with Crippen molar-refractivity contribution >= 4 is 34.0 Å². The molecule has 0 unspecified atom stereocenters. The van der Waals surface area contributed by atoms with Gasteiger partial charge in [-0.15, -0.1) is 10.2 Å². The summed E-state index contributed by atoms with van der Waals surface area (Å²) in [5, 5.41) is 43.2. The van der Waals surface area contributed by atoms with Gasteiger partial charge in [-0.1, -0.05) is 17.7 Å². The van der Waals surface area contributed by atoms with Crippen LogP contribution in [-0.4, -0.2) is 39.6 Å². The van der Waals surface area contributed by atoms with Gasteiger partial charge in [0.2, 0.25) is 0 Å². The first-order valence-corrected chi connectivity index (χ1v) is 11.2. The maximum absolute atomic E-state index is 9.74. The number of benzene rings is 2. The molecule has 2 aromatic carbocycles. The Kier molecular flexibility index (Phi) is 5.28. The van der Waals surface area contributed by atoms with E-state index in [1.165, 1.54) is 0 Å². The lowest BCUT2D eigenvalue weighted by Crippen LogP contribution is -2.49. The zero-order valence-corrected chi connectivity index (χ0v) is 18.3. The van der Waals surface area contributed by atoms with Crippen molar-refractivity contribution in [2.24, 2.45) is 5.41 Å². The molecule has 2 heterocycles. The standard InChI is InChI=1S/C24H24ClN5O2/c25-20-10-16(2-4-21(20)32)14-27-22-19-9-15(13-26)1-3-18(19)23(29-28-22)30-7-5-24(6-8-30)11-17(31)12-24/h1-4,9-10,17,31-32H,5-8,11-12,14H2,(H,27,28). The highest BCUT2D eigenvalue weighted by molar-refractivity contribution is 6.32. The van der Waals surface area contributed by atoms with Crippen molar-refractivity contribution in [2.75, 3.05) is 23.3 Å². The van der Waals surface area contributed by atoms with Gasteiger partial charge >= 0.3 is 0 Å². The first kappa shape index (κ1) is 20.8. The molecule has 1 aliphatic carbocycles. The fourth-order valence-electron chi connectivity index (χ4n) is 4.96. The van der Waals surface area contributed by atoms with E-state index in [2.05, 4.69) is 26.5 Å². The molecule has 32 heavy (non-hydrogen) atoms. The number of nitriles is 1. The largest absolute Gasteiger partial charge is 0.506 e. The van der Waals surface area contributed by atoms with Gasteiger partial charge in [-0.2, -0.15) is 5.26 Å². The third kappa shape index (κ3) is 3.81. The van der Waals surface area contributed by atoms with Gasteiger partial charge in [0.15, 0.2) is 11.6 Å². The molecule has 1 spiro atoms. The van der Waals surface area contributed by atoms with Crippen molar-refractivity contribution in [3.05, 3.63) is 52.5 Å². The number of nitrogens with zero attached hydrogens (tertiary/aromatic N) is 4. The number of phenols is 1. The predicted octanol–water partition coefficient (Wildman–Crippen LogP) is 4.21. The molecule has 1 aromatic heterocycles. The Morgan fingerprint density at radius 1 is 1.12 bits per heavy atom. The van der Waals surface area contributed by atoms with Crippen LogP contribution in [0.1, 0.15) is 36.8 Å². The van der Waals surface area contributed by atoms with Crippen molar-refractivity contribution < 1.29 is 10.2 Å². The average Bonchev–Trinajstić information content (AvgIpc) is 2.79. The second-order valence-corrected chi connectivity index (χ2v) is 9.34. The molecule has 7 nitrogen and oxygen atoms in total. The number of halogens is 1. The lowest BCUT2D eigenvalue weighted by Gasteiger charge is -2.50. The number of fused-ring (bicyclic) bond motifs is 1. The number of phenolic OH excluding ortho intramolecular Hbond substituents is 1. The SMILES string of the molecule is N#Cc1ccc2c(N3CCC4(CC3)CC(O)C4)nnc(NCc3ccc(O)c(Cl)c3)c2c1. The number of rotatable bonds is 4. The van der Waals surface area contributed by atoms with Crippen LogP contribution in [0.15, 0.2) is 36.4 Å². The summed E-state index contributed by atoms with van der Waals surface area (Å²) in [5.41, 5.74) is 1.75. The van der Waals surface area contributed by atoms with Crippen molar-refractivity contribution in [2.45, 2.75) is 38.3 Å². The lowest BCUT2D eigenvalue weighted by molar-refractivity contribution is -0.0464. The number of aliphatic hydroxyl groups excluding tert-OH is 1. The van der Waals surface area contributed by atoms with Crippen molar-refractivity contribution in [1.29, 1.82) is 5.26 Å². The van der Waals surface area contributed by atoms with E-state index in [0.29, 0.717) is 28.4 Å². The van der Waals surface area contributed by atoms with Gasteiger partial charge in [-0.25, -0.2) is 0 Å². The van der Waals surface area contributed by atoms with Gasteiger partial charge in [0.05, 0.1) is 22.8 Å². The molecule has 3 N–H and O–H groups in total. The van der Waals surface area contributed by atoms with E-state index in [-0.39, 0.29) is 11.9 Å². The molecule has 164 valence electrons. The van der Waals surface area contributed by atoms with Crippen molar-refractivity contribution in [3.63, 3.8) is 0 Å². The van der Waals surface area contributed by atoms with Crippen LogP contribution in [0, 0.1) is 16.7 Å². The summed E-state index contributed by atoms with van der Waals surface area (Å²) in [6, 6.07) is 12.9. The number of hydrogen-bond donors (Lipinski definition) is 3. The maximum atomic E-state index is 9.74. The zero-order valence-electron chi connectivity index (χ0n) is 17.6. The van der Waals surface area contributed by atoms with E-state index in [0.717, 1.165) is 60.9 Å². The van der Waals surface area contributed by atoms with E-state index in [9.17, 15) is 15.5 Å². The summed E-state index contributed by atoms with van der Waals surface area (Å²) >= 11 is 6.02. The summed E-state index contributed by atoms with van der Waals surface area (Å²) < 4.78 is 0. The molecular formula is C24H24ClN5O2. The molecule has 1 saturated heterocycles. The third-order valence-corrected chi connectivity index (χ3v) is 7.13. The number of anilines is 2. The molecule has 1 saturated carbocycles. The fraction of sp³-hybridized carbons (Fsp3) is 0.375. The quantitative estimate of drug-likeness (QED) is 0.547.